The van der Waals surface area contributed by atoms with E-state index in [2.05, 4.69) is 35.7 Å². The molecule has 0 bridgehead atoms. The van der Waals surface area contributed by atoms with Crippen LogP contribution in [0.3, 0.4) is 0 Å². The van der Waals surface area contributed by atoms with E-state index in [0.29, 0.717) is 18.1 Å². The second kappa shape index (κ2) is 12.0. The second-order valence-electron chi connectivity index (χ2n) is 11.6. The quantitative estimate of drug-likeness (QED) is 0.387. The van der Waals surface area contributed by atoms with Crippen molar-refractivity contribution in [2.75, 3.05) is 6.61 Å². The SMILES string of the molecule is CC(C)c1cccc(-c2ccc(S(=O)(=O)NC3CCCCC4=C(OCC(=O)OC(C)(C)C)C=CCC43)nc2)c1. The van der Waals surface area contributed by atoms with Crippen LogP contribution in [-0.4, -0.2) is 37.6 Å². The lowest BCUT2D eigenvalue weighted by Gasteiger charge is -2.30. The van der Waals surface area contributed by atoms with Crippen molar-refractivity contribution in [3.63, 3.8) is 0 Å². The average Bonchev–Trinajstić information content (AvgIpc) is 3.09. The minimum absolute atomic E-state index is 0.00814. The molecule has 0 spiro atoms. The molecule has 210 valence electrons. The van der Waals surface area contributed by atoms with Crippen molar-refractivity contribution in [1.82, 2.24) is 9.71 Å². The Morgan fingerprint density at radius 2 is 1.92 bits per heavy atom. The predicted molar refractivity (Wildman–Crippen MR) is 152 cm³/mol. The van der Waals surface area contributed by atoms with Gasteiger partial charge in [0.15, 0.2) is 11.6 Å². The lowest BCUT2D eigenvalue weighted by atomic mass is 9.84. The zero-order valence-corrected chi connectivity index (χ0v) is 24.4. The number of aromatic nitrogens is 1. The molecule has 1 fully saturated rings. The minimum Gasteiger partial charge on any atom is -0.482 e. The normalized spacial score (nSPS) is 19.9. The van der Waals surface area contributed by atoms with Crippen molar-refractivity contribution in [2.24, 2.45) is 5.92 Å². The molecule has 2 unspecified atom stereocenters. The summed E-state index contributed by atoms with van der Waals surface area (Å²) in [6.45, 7) is 9.56. The van der Waals surface area contributed by atoms with Gasteiger partial charge in [-0.1, -0.05) is 50.6 Å². The topological polar surface area (TPSA) is 94.6 Å². The van der Waals surface area contributed by atoms with E-state index < -0.39 is 21.6 Å². The number of fused-ring (bicyclic) bond motifs is 1. The van der Waals surface area contributed by atoms with Crippen molar-refractivity contribution in [3.8, 4) is 11.1 Å². The lowest BCUT2D eigenvalue weighted by molar-refractivity contribution is -0.158. The van der Waals surface area contributed by atoms with Crippen LogP contribution in [0, 0.1) is 5.92 Å². The highest BCUT2D eigenvalue weighted by atomic mass is 32.2. The number of benzene rings is 1. The van der Waals surface area contributed by atoms with E-state index in [0.717, 1.165) is 42.4 Å². The Hall–Kier alpha value is -2.97. The molecule has 8 heteroatoms. The number of allylic oxidation sites excluding steroid dienone is 2. The van der Waals surface area contributed by atoms with E-state index >= 15 is 0 Å². The summed E-state index contributed by atoms with van der Waals surface area (Å²) in [4.78, 5) is 16.5. The van der Waals surface area contributed by atoms with Crippen LogP contribution >= 0.6 is 0 Å². The summed E-state index contributed by atoms with van der Waals surface area (Å²) in [6.07, 6.45) is 9.56. The van der Waals surface area contributed by atoms with E-state index in [1.165, 1.54) is 5.56 Å². The summed E-state index contributed by atoms with van der Waals surface area (Å²) in [7, 11) is -3.83. The highest BCUT2D eigenvalue weighted by Crippen LogP contribution is 2.37. The maximum absolute atomic E-state index is 13.4. The number of pyridine rings is 1. The number of hydrogen-bond acceptors (Lipinski definition) is 6. The Kier molecular flexibility index (Phi) is 8.96. The van der Waals surface area contributed by atoms with Crippen LogP contribution in [0.15, 0.2) is 71.1 Å². The maximum Gasteiger partial charge on any atom is 0.344 e. The third-order valence-electron chi connectivity index (χ3n) is 7.09. The summed E-state index contributed by atoms with van der Waals surface area (Å²) in [5.41, 5.74) is 3.58. The van der Waals surface area contributed by atoms with Crippen molar-refractivity contribution in [1.29, 1.82) is 0 Å². The Morgan fingerprint density at radius 1 is 1.13 bits per heavy atom. The highest BCUT2D eigenvalue weighted by molar-refractivity contribution is 7.89. The van der Waals surface area contributed by atoms with Crippen LogP contribution in [-0.2, 0) is 24.3 Å². The predicted octanol–water partition coefficient (Wildman–Crippen LogP) is 6.28. The third kappa shape index (κ3) is 7.57. The molecule has 2 atom stereocenters. The van der Waals surface area contributed by atoms with Crippen LogP contribution in [0.2, 0.25) is 0 Å². The average molecular weight is 553 g/mol. The van der Waals surface area contributed by atoms with Crippen LogP contribution in [0.4, 0.5) is 0 Å². The standard InChI is InChI=1S/C31H40N2O5S/c1-21(2)22-10-8-11-23(18-22)24-16-17-29(32-19-24)39(35,36)33-27-14-7-6-12-26-25(27)13-9-15-28(26)37-20-30(34)38-31(3,4)5/h8-11,15-19,21,25,27,33H,6-7,12-14,20H2,1-5H3. The molecule has 7 nitrogen and oxygen atoms in total. The van der Waals surface area contributed by atoms with Gasteiger partial charge in [-0.15, -0.1) is 0 Å². The van der Waals surface area contributed by atoms with Gasteiger partial charge in [-0.05, 0) is 87.3 Å². The maximum atomic E-state index is 13.4. The summed E-state index contributed by atoms with van der Waals surface area (Å²) in [6, 6.07) is 11.3. The molecule has 0 radical (unpaired) electrons. The number of carbonyl (C=O) groups excluding carboxylic acids is 1. The van der Waals surface area contributed by atoms with Crippen LogP contribution in [0.1, 0.15) is 78.2 Å². The van der Waals surface area contributed by atoms with Crippen LogP contribution in [0.25, 0.3) is 11.1 Å². The highest BCUT2D eigenvalue weighted by Gasteiger charge is 2.34. The zero-order valence-electron chi connectivity index (χ0n) is 23.6. The summed E-state index contributed by atoms with van der Waals surface area (Å²) < 4.78 is 41.0. The Morgan fingerprint density at radius 3 is 2.62 bits per heavy atom. The Labute approximate surface area is 232 Å². The molecule has 1 N–H and O–H groups in total. The second-order valence-corrected chi connectivity index (χ2v) is 13.3. The fraction of sp³-hybridized carbons (Fsp3) is 0.484. The van der Waals surface area contributed by atoms with Gasteiger partial charge < -0.3 is 9.47 Å². The first-order chi connectivity index (χ1) is 18.4. The molecule has 0 amide bonds. The van der Waals surface area contributed by atoms with Gasteiger partial charge in [0.25, 0.3) is 10.0 Å². The molecule has 2 aromatic rings. The third-order valence-corrected chi connectivity index (χ3v) is 8.50. The first-order valence-electron chi connectivity index (χ1n) is 13.8. The first-order valence-corrected chi connectivity index (χ1v) is 15.2. The zero-order chi connectivity index (χ0) is 28.2. The fourth-order valence-corrected chi connectivity index (χ4v) is 6.43. The van der Waals surface area contributed by atoms with E-state index in [1.54, 1.807) is 12.3 Å². The van der Waals surface area contributed by atoms with E-state index in [1.807, 2.05) is 51.1 Å². The number of carbonyl (C=O) groups is 1. The van der Waals surface area contributed by atoms with Gasteiger partial charge in [0.2, 0.25) is 0 Å². The molecule has 0 aliphatic heterocycles. The van der Waals surface area contributed by atoms with Gasteiger partial charge in [-0.3, -0.25) is 0 Å². The largest absolute Gasteiger partial charge is 0.482 e. The molecule has 1 aromatic carbocycles. The smallest absolute Gasteiger partial charge is 0.344 e. The first kappa shape index (κ1) is 29.0. The Balaban J connectivity index is 1.49. The van der Waals surface area contributed by atoms with Crippen LogP contribution < -0.4 is 4.72 Å². The molecule has 2 aliphatic carbocycles. The van der Waals surface area contributed by atoms with Crippen LogP contribution in [0.5, 0.6) is 0 Å². The molecule has 4 rings (SSSR count). The van der Waals surface area contributed by atoms with Gasteiger partial charge in [0, 0.05) is 23.7 Å². The lowest BCUT2D eigenvalue weighted by Crippen LogP contribution is -2.41. The van der Waals surface area contributed by atoms with Crippen molar-refractivity contribution >= 4 is 16.0 Å². The monoisotopic (exact) mass is 552 g/mol. The van der Waals surface area contributed by atoms with Crippen molar-refractivity contribution in [2.45, 2.75) is 89.3 Å². The fourth-order valence-electron chi connectivity index (χ4n) is 5.19. The van der Waals surface area contributed by atoms with E-state index in [-0.39, 0.29) is 23.6 Å². The number of esters is 1. The van der Waals surface area contributed by atoms with Crippen molar-refractivity contribution in [3.05, 3.63) is 71.6 Å². The molecule has 0 saturated heterocycles. The Bertz CT molecular complexity index is 1340. The van der Waals surface area contributed by atoms with E-state index in [9.17, 15) is 13.2 Å². The number of sulfonamides is 1. The van der Waals surface area contributed by atoms with Gasteiger partial charge >= 0.3 is 5.97 Å². The number of nitrogens with one attached hydrogen (secondary N) is 1. The van der Waals surface area contributed by atoms with Crippen molar-refractivity contribution < 1.29 is 22.7 Å². The summed E-state index contributed by atoms with van der Waals surface area (Å²) >= 11 is 0. The van der Waals surface area contributed by atoms with E-state index in [4.69, 9.17) is 9.47 Å². The summed E-state index contributed by atoms with van der Waals surface area (Å²) in [5.74, 6) is 0.578. The molecular weight excluding hydrogens is 512 g/mol. The minimum atomic E-state index is -3.83. The number of hydrogen-bond donors (Lipinski definition) is 1. The number of ether oxygens (including phenoxy) is 2. The number of nitrogens with zero attached hydrogens (tertiary/aromatic N) is 1. The molecule has 1 aromatic heterocycles. The number of rotatable bonds is 8. The molecular formula is C31H40N2O5S. The van der Waals surface area contributed by atoms with Gasteiger partial charge in [0.1, 0.15) is 11.4 Å². The van der Waals surface area contributed by atoms with Gasteiger partial charge in [-0.2, -0.15) is 0 Å². The molecule has 2 aliphatic rings. The van der Waals surface area contributed by atoms with Gasteiger partial charge in [0.05, 0.1) is 0 Å². The van der Waals surface area contributed by atoms with Gasteiger partial charge in [-0.25, -0.2) is 22.9 Å². The molecule has 1 saturated carbocycles. The summed E-state index contributed by atoms with van der Waals surface area (Å²) in [5, 5.41) is 0.00814. The molecule has 1 heterocycles. The molecule has 39 heavy (non-hydrogen) atoms.